The lowest BCUT2D eigenvalue weighted by molar-refractivity contribution is 0.0253. The van der Waals surface area contributed by atoms with E-state index in [0.29, 0.717) is 30.5 Å². The quantitative estimate of drug-likeness (QED) is 0.622. The molecule has 0 saturated carbocycles. The topological polar surface area (TPSA) is 124 Å². The van der Waals surface area contributed by atoms with Gasteiger partial charge in [0.25, 0.3) is 0 Å². The van der Waals surface area contributed by atoms with Crippen molar-refractivity contribution in [2.45, 2.75) is 32.0 Å². The van der Waals surface area contributed by atoms with Crippen molar-refractivity contribution in [1.82, 2.24) is 15.4 Å². The average molecular weight is 364 g/mol. The second kappa shape index (κ2) is 8.07. The van der Waals surface area contributed by atoms with Crippen LogP contribution in [0.3, 0.4) is 0 Å². The third-order valence-electron chi connectivity index (χ3n) is 4.33. The van der Waals surface area contributed by atoms with E-state index in [1.807, 2.05) is 6.07 Å². The van der Waals surface area contributed by atoms with Crippen molar-refractivity contribution in [3.8, 4) is 0 Å². The van der Waals surface area contributed by atoms with Crippen LogP contribution in [-0.4, -0.2) is 61.1 Å². The minimum atomic E-state index is -1.12. The summed E-state index contributed by atoms with van der Waals surface area (Å²) < 4.78 is 16.5. The molecule has 3 rings (SSSR count). The number of nitrogens with one attached hydrogen (secondary N) is 1. The average Bonchev–Trinajstić information content (AvgIpc) is 3.03. The molecule has 2 aliphatic rings. The summed E-state index contributed by atoms with van der Waals surface area (Å²) in [5.74, 6) is 0.636. The Kier molecular flexibility index (Phi) is 5.80. The van der Waals surface area contributed by atoms with Gasteiger partial charge in [0.1, 0.15) is 18.2 Å². The Morgan fingerprint density at radius 3 is 2.85 bits per heavy atom. The predicted octanol–water partition coefficient (Wildman–Crippen LogP) is 0.104. The molecule has 5 N–H and O–H groups in total. The van der Waals surface area contributed by atoms with Crippen LogP contribution in [0.4, 0.5) is 0 Å². The van der Waals surface area contributed by atoms with Gasteiger partial charge in [0.2, 0.25) is 0 Å². The molecule has 1 atom stereocenters. The van der Waals surface area contributed by atoms with Crippen molar-refractivity contribution in [3.05, 3.63) is 29.5 Å². The lowest BCUT2D eigenvalue weighted by Crippen LogP contribution is -2.56. The first-order valence-electron chi connectivity index (χ1n) is 8.96. The molecule has 0 bridgehead atoms. The molecule has 26 heavy (non-hydrogen) atoms. The highest BCUT2D eigenvalue weighted by Crippen LogP contribution is 2.19. The molecule has 1 unspecified atom stereocenters. The van der Waals surface area contributed by atoms with Crippen LogP contribution >= 0.6 is 0 Å². The fraction of sp³-hybridized carbons (Fsp3) is 0.647. The van der Waals surface area contributed by atoms with Gasteiger partial charge in [0.15, 0.2) is 11.7 Å². The van der Waals surface area contributed by atoms with Crippen LogP contribution in [0.5, 0.6) is 0 Å². The van der Waals surface area contributed by atoms with Gasteiger partial charge in [-0.1, -0.05) is 19.0 Å². The van der Waals surface area contributed by atoms with E-state index in [1.54, 1.807) is 6.08 Å². The van der Waals surface area contributed by atoms with Gasteiger partial charge in [-0.25, -0.2) is 4.99 Å². The summed E-state index contributed by atoms with van der Waals surface area (Å²) in [5, 5.41) is 7.16. The zero-order valence-corrected chi connectivity index (χ0v) is 15.4. The van der Waals surface area contributed by atoms with Gasteiger partial charge in [0, 0.05) is 31.8 Å². The third-order valence-corrected chi connectivity index (χ3v) is 4.33. The molecule has 0 aromatic carbocycles. The van der Waals surface area contributed by atoms with E-state index in [9.17, 15) is 0 Å². The Balaban J connectivity index is 1.55. The number of ether oxygens (including phenoxy) is 2. The van der Waals surface area contributed by atoms with E-state index >= 15 is 0 Å². The van der Waals surface area contributed by atoms with Crippen LogP contribution < -0.4 is 16.8 Å². The zero-order valence-electron chi connectivity index (χ0n) is 15.4. The largest absolute Gasteiger partial charge is 0.478 e. The van der Waals surface area contributed by atoms with Crippen LogP contribution in [0.15, 0.2) is 27.5 Å². The fourth-order valence-electron chi connectivity index (χ4n) is 2.90. The smallest absolute Gasteiger partial charge is 0.194 e. The highest BCUT2D eigenvalue weighted by molar-refractivity contribution is 5.92. The van der Waals surface area contributed by atoms with E-state index in [-0.39, 0.29) is 5.92 Å². The highest BCUT2D eigenvalue weighted by Gasteiger charge is 2.31. The number of nitrogens with zero attached hydrogens (tertiary/aromatic N) is 3. The number of amidine groups is 1. The van der Waals surface area contributed by atoms with Crippen molar-refractivity contribution in [2.24, 2.45) is 16.5 Å². The summed E-state index contributed by atoms with van der Waals surface area (Å²) >= 11 is 0. The number of rotatable bonds is 7. The Morgan fingerprint density at radius 1 is 1.38 bits per heavy atom. The van der Waals surface area contributed by atoms with Crippen LogP contribution in [-0.2, 0) is 15.9 Å². The summed E-state index contributed by atoms with van der Waals surface area (Å²) in [6, 6.07) is 1.89. The second-order valence-corrected chi connectivity index (χ2v) is 6.95. The Bertz CT molecular complexity index is 665. The van der Waals surface area contributed by atoms with Gasteiger partial charge >= 0.3 is 0 Å². The first-order valence-corrected chi connectivity index (χ1v) is 8.96. The number of nitrogens with two attached hydrogens (primary N) is 2. The fourth-order valence-corrected chi connectivity index (χ4v) is 2.90. The minimum Gasteiger partial charge on any atom is -0.478 e. The zero-order chi connectivity index (χ0) is 18.6. The maximum atomic E-state index is 6.36. The minimum absolute atomic E-state index is 0.285. The predicted molar refractivity (Wildman–Crippen MR) is 97.3 cm³/mol. The first kappa shape index (κ1) is 18.7. The van der Waals surface area contributed by atoms with Gasteiger partial charge < -0.3 is 25.0 Å². The Labute approximate surface area is 153 Å². The monoisotopic (exact) mass is 364 g/mol. The summed E-state index contributed by atoms with van der Waals surface area (Å²) in [7, 11) is 0. The van der Waals surface area contributed by atoms with Gasteiger partial charge in [-0.3, -0.25) is 10.6 Å². The molecule has 9 nitrogen and oxygen atoms in total. The van der Waals surface area contributed by atoms with Crippen molar-refractivity contribution in [3.63, 3.8) is 0 Å². The SMILES string of the molecule is CC(C)c1cc(CC2(N)N=C(N)C=C(OCCN3CCOCC3)N2)on1. The van der Waals surface area contributed by atoms with Crippen LogP contribution in [0.2, 0.25) is 0 Å². The normalized spacial score (nSPS) is 24.2. The van der Waals surface area contributed by atoms with Crippen molar-refractivity contribution in [1.29, 1.82) is 0 Å². The van der Waals surface area contributed by atoms with Crippen LogP contribution in [0, 0.1) is 0 Å². The van der Waals surface area contributed by atoms with Crippen LogP contribution in [0.1, 0.15) is 31.2 Å². The first-order chi connectivity index (χ1) is 12.4. The number of morpholine rings is 1. The summed E-state index contributed by atoms with van der Waals surface area (Å²) in [6.07, 6.45) is 1.96. The summed E-state index contributed by atoms with van der Waals surface area (Å²) in [5.41, 5.74) is 13.2. The summed E-state index contributed by atoms with van der Waals surface area (Å²) in [6.45, 7) is 8.83. The molecule has 144 valence electrons. The van der Waals surface area contributed by atoms with E-state index in [0.717, 1.165) is 38.5 Å². The van der Waals surface area contributed by atoms with E-state index in [2.05, 4.69) is 34.2 Å². The standard InChI is InChI=1S/C17H28N6O3/c1-12(2)14-9-13(26-22-14)11-17(19)20-15(18)10-16(21-17)25-8-5-23-3-6-24-7-4-23/h9-10,12,21H,3-8,11,19H2,1-2H3,(H2,18,20). The molecule has 0 amide bonds. The van der Waals surface area contributed by atoms with E-state index in [4.69, 9.17) is 25.5 Å². The Hall–Kier alpha value is -2.10. The van der Waals surface area contributed by atoms with Crippen molar-refractivity contribution >= 4 is 5.84 Å². The number of hydrogen-bond donors (Lipinski definition) is 3. The third kappa shape index (κ3) is 4.96. The van der Waals surface area contributed by atoms with Gasteiger partial charge in [0.05, 0.1) is 25.3 Å². The highest BCUT2D eigenvalue weighted by atomic mass is 16.5. The number of aromatic nitrogens is 1. The van der Waals surface area contributed by atoms with E-state index < -0.39 is 5.79 Å². The molecule has 1 fully saturated rings. The lowest BCUT2D eigenvalue weighted by Gasteiger charge is -2.31. The number of hydrogen-bond acceptors (Lipinski definition) is 9. The molecule has 0 radical (unpaired) electrons. The molecule has 3 heterocycles. The molecular formula is C17H28N6O3. The molecule has 1 aromatic rings. The molecule has 0 aliphatic carbocycles. The van der Waals surface area contributed by atoms with E-state index in [1.165, 1.54) is 0 Å². The molecule has 9 heteroatoms. The van der Waals surface area contributed by atoms with Crippen molar-refractivity contribution in [2.75, 3.05) is 39.5 Å². The molecular weight excluding hydrogens is 336 g/mol. The Morgan fingerprint density at radius 2 is 2.15 bits per heavy atom. The van der Waals surface area contributed by atoms with Gasteiger partial charge in [-0.15, -0.1) is 0 Å². The lowest BCUT2D eigenvalue weighted by atomic mass is 10.1. The second-order valence-electron chi connectivity index (χ2n) is 6.95. The number of aliphatic imine (C=N–C) groups is 1. The molecule has 1 aromatic heterocycles. The van der Waals surface area contributed by atoms with Crippen LogP contribution in [0.25, 0.3) is 0 Å². The van der Waals surface area contributed by atoms with Gasteiger partial charge in [-0.05, 0) is 5.92 Å². The molecule has 0 spiro atoms. The van der Waals surface area contributed by atoms with Gasteiger partial charge in [-0.2, -0.15) is 0 Å². The maximum absolute atomic E-state index is 6.36. The molecule has 1 saturated heterocycles. The maximum Gasteiger partial charge on any atom is 0.194 e. The van der Waals surface area contributed by atoms with Crippen molar-refractivity contribution < 1.29 is 14.0 Å². The summed E-state index contributed by atoms with van der Waals surface area (Å²) in [4.78, 5) is 6.60. The molecule has 2 aliphatic heterocycles.